The van der Waals surface area contributed by atoms with Crippen LogP contribution < -0.4 is 5.32 Å². The van der Waals surface area contributed by atoms with Crippen molar-refractivity contribution in [1.29, 1.82) is 0 Å². The quantitative estimate of drug-likeness (QED) is 0.910. The van der Waals surface area contributed by atoms with E-state index in [1.165, 1.54) is 12.1 Å². The minimum atomic E-state index is -0.416. The molecule has 2 aromatic rings. The summed E-state index contributed by atoms with van der Waals surface area (Å²) in [7, 11) is 1.86. The van der Waals surface area contributed by atoms with Crippen LogP contribution in [-0.4, -0.2) is 31.3 Å². The fourth-order valence-corrected chi connectivity index (χ4v) is 2.46. The van der Waals surface area contributed by atoms with Crippen LogP contribution in [0.1, 0.15) is 11.8 Å². The molecule has 18 heavy (non-hydrogen) atoms. The first-order valence-corrected chi connectivity index (χ1v) is 6.07. The van der Waals surface area contributed by atoms with Crippen LogP contribution in [0.2, 0.25) is 5.02 Å². The van der Waals surface area contributed by atoms with Crippen LogP contribution in [0.5, 0.6) is 0 Å². The van der Waals surface area contributed by atoms with E-state index in [9.17, 15) is 4.39 Å². The second-order valence-corrected chi connectivity index (χ2v) is 4.73. The molecule has 0 bridgehead atoms. The lowest BCUT2D eigenvalue weighted by Gasteiger charge is -2.12. The average Bonchev–Trinajstić information content (AvgIpc) is 2.92. The lowest BCUT2D eigenvalue weighted by Crippen LogP contribution is -2.31. The van der Waals surface area contributed by atoms with Crippen LogP contribution in [0.15, 0.2) is 16.5 Å². The van der Waals surface area contributed by atoms with Gasteiger partial charge in [-0.3, -0.25) is 0 Å². The van der Waals surface area contributed by atoms with Crippen LogP contribution in [0.25, 0.3) is 11.1 Å². The molecular weight excluding hydrogens is 259 g/mol. The number of nitrogens with zero attached hydrogens (tertiary/aromatic N) is 1. The number of hydrogen-bond acceptors (Lipinski definition) is 4. The van der Waals surface area contributed by atoms with Gasteiger partial charge in [-0.25, -0.2) is 9.37 Å². The third-order valence-electron chi connectivity index (χ3n) is 3.19. The van der Waals surface area contributed by atoms with E-state index >= 15 is 0 Å². The predicted molar refractivity (Wildman–Crippen MR) is 65.4 cm³/mol. The molecule has 0 spiro atoms. The van der Waals surface area contributed by atoms with Crippen LogP contribution >= 0.6 is 11.6 Å². The van der Waals surface area contributed by atoms with Gasteiger partial charge < -0.3 is 14.5 Å². The number of hydrogen-bond donors (Lipinski definition) is 1. The molecule has 2 atom stereocenters. The Labute approximate surface area is 108 Å². The molecule has 1 aliphatic heterocycles. The first kappa shape index (κ1) is 11.9. The maximum atomic E-state index is 13.2. The van der Waals surface area contributed by atoms with Gasteiger partial charge in [-0.1, -0.05) is 11.6 Å². The molecule has 4 nitrogen and oxygen atoms in total. The summed E-state index contributed by atoms with van der Waals surface area (Å²) in [5.41, 5.74) is 0.867. The topological polar surface area (TPSA) is 47.3 Å². The predicted octanol–water partition coefficient (Wildman–Crippen LogP) is 2.32. The van der Waals surface area contributed by atoms with Gasteiger partial charge in [0.2, 0.25) is 5.89 Å². The van der Waals surface area contributed by atoms with Gasteiger partial charge in [0.1, 0.15) is 11.3 Å². The number of benzene rings is 1. The van der Waals surface area contributed by atoms with E-state index in [4.69, 9.17) is 20.8 Å². The molecule has 1 aliphatic rings. The van der Waals surface area contributed by atoms with E-state index in [0.717, 1.165) is 0 Å². The van der Waals surface area contributed by atoms with Gasteiger partial charge in [-0.2, -0.15) is 0 Å². The van der Waals surface area contributed by atoms with Gasteiger partial charge >= 0.3 is 0 Å². The first-order valence-electron chi connectivity index (χ1n) is 5.69. The summed E-state index contributed by atoms with van der Waals surface area (Å²) >= 11 is 5.93. The molecule has 1 fully saturated rings. The second-order valence-electron chi connectivity index (χ2n) is 4.33. The SMILES string of the molecule is CNC1COCC1c1nc2cc(F)cc(Cl)c2o1. The molecule has 1 aromatic carbocycles. The summed E-state index contributed by atoms with van der Waals surface area (Å²) in [5, 5.41) is 3.39. The van der Waals surface area contributed by atoms with Crippen molar-refractivity contribution in [2.24, 2.45) is 0 Å². The lowest BCUT2D eigenvalue weighted by atomic mass is 10.0. The largest absolute Gasteiger partial charge is 0.439 e. The molecule has 0 saturated carbocycles. The average molecular weight is 271 g/mol. The number of fused-ring (bicyclic) bond motifs is 1. The summed E-state index contributed by atoms with van der Waals surface area (Å²) in [6.45, 7) is 1.15. The second kappa shape index (κ2) is 4.50. The highest BCUT2D eigenvalue weighted by molar-refractivity contribution is 6.34. The smallest absolute Gasteiger partial charge is 0.202 e. The maximum Gasteiger partial charge on any atom is 0.202 e. The van der Waals surface area contributed by atoms with Crippen LogP contribution in [0.3, 0.4) is 0 Å². The number of aromatic nitrogens is 1. The van der Waals surface area contributed by atoms with Crippen molar-refractivity contribution < 1.29 is 13.5 Å². The monoisotopic (exact) mass is 270 g/mol. The number of oxazole rings is 1. The van der Waals surface area contributed by atoms with Gasteiger partial charge in [0.05, 0.1) is 24.2 Å². The highest BCUT2D eigenvalue weighted by Gasteiger charge is 2.32. The maximum absolute atomic E-state index is 13.2. The fourth-order valence-electron chi connectivity index (χ4n) is 2.22. The van der Waals surface area contributed by atoms with E-state index in [2.05, 4.69) is 10.3 Å². The molecule has 2 unspecified atom stereocenters. The summed E-state index contributed by atoms with van der Waals surface area (Å²) in [6.07, 6.45) is 0. The highest BCUT2D eigenvalue weighted by atomic mass is 35.5. The number of halogens is 2. The molecule has 2 heterocycles. The van der Waals surface area contributed by atoms with Crippen molar-refractivity contribution in [2.75, 3.05) is 20.3 Å². The summed E-state index contributed by atoms with van der Waals surface area (Å²) in [6, 6.07) is 2.69. The Balaban J connectivity index is 2.05. The zero-order valence-electron chi connectivity index (χ0n) is 9.74. The van der Waals surface area contributed by atoms with Gasteiger partial charge in [0, 0.05) is 12.1 Å². The van der Waals surface area contributed by atoms with Crippen molar-refractivity contribution >= 4 is 22.7 Å². The summed E-state index contributed by atoms with van der Waals surface area (Å²) in [4.78, 5) is 4.30. The van der Waals surface area contributed by atoms with Crippen molar-refractivity contribution in [1.82, 2.24) is 10.3 Å². The molecule has 96 valence electrons. The number of rotatable bonds is 2. The van der Waals surface area contributed by atoms with Gasteiger partial charge in [0.15, 0.2) is 5.58 Å². The number of likely N-dealkylation sites (N-methyl/N-ethyl adjacent to an activating group) is 1. The molecule has 6 heteroatoms. The van der Waals surface area contributed by atoms with Crippen LogP contribution in [-0.2, 0) is 4.74 Å². The molecule has 0 radical (unpaired) electrons. The minimum Gasteiger partial charge on any atom is -0.439 e. The lowest BCUT2D eigenvalue weighted by molar-refractivity contribution is 0.186. The van der Waals surface area contributed by atoms with Crippen LogP contribution in [0, 0.1) is 5.82 Å². The van der Waals surface area contributed by atoms with Crippen molar-refractivity contribution in [3.8, 4) is 0 Å². The minimum absolute atomic E-state index is 0.0292. The van der Waals surface area contributed by atoms with E-state index in [-0.39, 0.29) is 17.0 Å². The van der Waals surface area contributed by atoms with Gasteiger partial charge in [0.25, 0.3) is 0 Å². The third kappa shape index (κ3) is 1.88. The van der Waals surface area contributed by atoms with E-state index in [1.807, 2.05) is 7.05 Å². The molecule has 1 saturated heterocycles. The molecule has 0 aliphatic carbocycles. The van der Waals surface area contributed by atoms with E-state index in [0.29, 0.717) is 30.2 Å². The molecule has 1 aromatic heterocycles. The zero-order chi connectivity index (χ0) is 12.7. The normalized spacial score (nSPS) is 23.9. The van der Waals surface area contributed by atoms with Gasteiger partial charge in [-0.15, -0.1) is 0 Å². The van der Waals surface area contributed by atoms with E-state index < -0.39 is 5.82 Å². The molecule has 3 rings (SSSR count). The zero-order valence-corrected chi connectivity index (χ0v) is 10.5. The Morgan fingerprint density at radius 2 is 2.28 bits per heavy atom. The Morgan fingerprint density at radius 1 is 1.44 bits per heavy atom. The van der Waals surface area contributed by atoms with Gasteiger partial charge in [-0.05, 0) is 13.1 Å². The van der Waals surface area contributed by atoms with Crippen LogP contribution in [0.4, 0.5) is 4.39 Å². The standard InChI is InChI=1S/C12H12ClFN2O2/c1-15-10-5-17-4-7(10)12-16-9-3-6(14)2-8(13)11(9)18-12/h2-3,7,10,15H,4-5H2,1H3. The van der Waals surface area contributed by atoms with Crippen molar-refractivity contribution in [2.45, 2.75) is 12.0 Å². The Kier molecular flexibility index (Phi) is 2.97. The molecule has 0 amide bonds. The van der Waals surface area contributed by atoms with Crippen molar-refractivity contribution in [3.63, 3.8) is 0 Å². The highest BCUT2D eigenvalue weighted by Crippen LogP contribution is 2.31. The first-order chi connectivity index (χ1) is 8.69. The number of nitrogens with one attached hydrogen (secondary N) is 1. The Hall–Kier alpha value is -1.17. The Morgan fingerprint density at radius 3 is 3.06 bits per heavy atom. The summed E-state index contributed by atoms with van der Waals surface area (Å²) < 4.78 is 24.3. The fraction of sp³-hybridized carbons (Fsp3) is 0.417. The van der Waals surface area contributed by atoms with Crippen molar-refractivity contribution in [3.05, 3.63) is 28.9 Å². The molecular formula is C12H12ClFN2O2. The van der Waals surface area contributed by atoms with E-state index in [1.54, 1.807) is 0 Å². The number of ether oxygens (including phenoxy) is 1. The summed E-state index contributed by atoms with van der Waals surface area (Å²) in [5.74, 6) is 0.149. The Bertz CT molecular complexity index is 587. The molecule has 1 N–H and O–H groups in total. The third-order valence-corrected chi connectivity index (χ3v) is 3.48.